The number of amides is 1. The minimum absolute atomic E-state index is 0.0524. The van der Waals surface area contributed by atoms with Gasteiger partial charge in [0.1, 0.15) is 11.6 Å². The molecule has 3 aromatic carbocycles. The van der Waals surface area contributed by atoms with Gasteiger partial charge in [0.2, 0.25) is 15.7 Å². The van der Waals surface area contributed by atoms with Crippen LogP contribution in [0, 0.1) is 17.1 Å². The molecule has 1 aliphatic carbocycles. The summed E-state index contributed by atoms with van der Waals surface area (Å²) in [5.41, 5.74) is 0.422. The van der Waals surface area contributed by atoms with E-state index in [2.05, 4.69) is 16.4 Å². The molecule has 1 fully saturated rings. The third-order valence-electron chi connectivity index (χ3n) is 7.88. The van der Waals surface area contributed by atoms with Gasteiger partial charge in [0.25, 0.3) is 11.5 Å². The molecule has 1 heterocycles. The molecule has 2 N–H and O–H groups in total. The number of rotatable bonds is 11. The molecule has 0 spiro atoms. The summed E-state index contributed by atoms with van der Waals surface area (Å²) in [4.78, 5) is 29.6. The van der Waals surface area contributed by atoms with Crippen LogP contribution in [0.25, 0.3) is 11.1 Å². The quantitative estimate of drug-likeness (QED) is 0.217. The largest absolute Gasteiger partial charge is 0.492 e. The van der Waals surface area contributed by atoms with E-state index >= 15 is 4.39 Å². The van der Waals surface area contributed by atoms with Crippen LogP contribution in [-0.4, -0.2) is 35.0 Å². The average Bonchev–Trinajstić information content (AvgIpc) is 3.85. The van der Waals surface area contributed by atoms with Crippen LogP contribution >= 0.6 is 0 Å². The van der Waals surface area contributed by atoms with Crippen LogP contribution in [0.5, 0.6) is 5.88 Å². The molecular weight excluding hydrogens is 595 g/mol. The molecule has 1 saturated carbocycles. The third kappa shape index (κ3) is 6.37. The van der Waals surface area contributed by atoms with Crippen molar-refractivity contribution in [3.05, 3.63) is 105 Å². The van der Waals surface area contributed by atoms with E-state index in [1.54, 1.807) is 30.3 Å². The van der Waals surface area contributed by atoms with Crippen molar-refractivity contribution in [2.45, 2.75) is 74.2 Å². The smallest absolute Gasteiger partial charge is 0.277 e. The second-order valence-corrected chi connectivity index (χ2v) is 12.9. The van der Waals surface area contributed by atoms with Gasteiger partial charge in [-0.1, -0.05) is 56.7 Å². The van der Waals surface area contributed by atoms with Gasteiger partial charge in [0.05, 0.1) is 28.1 Å². The van der Waals surface area contributed by atoms with Crippen molar-refractivity contribution >= 4 is 15.7 Å². The van der Waals surface area contributed by atoms with Gasteiger partial charge in [-0.3, -0.25) is 14.2 Å². The molecule has 4 aromatic rings. The van der Waals surface area contributed by atoms with Crippen LogP contribution in [0.3, 0.4) is 0 Å². The Labute approximate surface area is 260 Å². The first-order valence-corrected chi connectivity index (χ1v) is 16.4. The first-order chi connectivity index (χ1) is 21.6. The Morgan fingerprint density at radius 3 is 2.49 bits per heavy atom. The van der Waals surface area contributed by atoms with E-state index in [0.717, 1.165) is 19.3 Å². The van der Waals surface area contributed by atoms with Gasteiger partial charge in [-0.15, -0.1) is 0 Å². The molecular formula is C34H33FN4O5S. The molecule has 0 saturated heterocycles. The molecule has 11 heteroatoms. The van der Waals surface area contributed by atoms with Crippen molar-refractivity contribution in [1.82, 2.24) is 14.9 Å². The number of carbonyl (C=O) groups is 1. The Balaban J connectivity index is 1.57. The van der Waals surface area contributed by atoms with Crippen molar-refractivity contribution in [2.24, 2.45) is 0 Å². The van der Waals surface area contributed by atoms with Crippen molar-refractivity contribution < 1.29 is 22.7 Å². The number of sulfone groups is 1. The Morgan fingerprint density at radius 1 is 1.13 bits per heavy atom. The van der Waals surface area contributed by atoms with Crippen molar-refractivity contribution in [1.29, 1.82) is 5.26 Å². The fourth-order valence-corrected chi connectivity index (χ4v) is 6.70. The van der Waals surface area contributed by atoms with Crippen LogP contribution in [-0.2, 0) is 16.3 Å². The van der Waals surface area contributed by atoms with Gasteiger partial charge in [0, 0.05) is 18.0 Å². The lowest BCUT2D eigenvalue weighted by molar-refractivity contribution is 0.0947. The predicted molar refractivity (Wildman–Crippen MR) is 166 cm³/mol. The molecule has 1 aromatic heterocycles. The lowest BCUT2D eigenvalue weighted by Gasteiger charge is -2.23. The summed E-state index contributed by atoms with van der Waals surface area (Å²) in [5, 5.41) is 23.1. The summed E-state index contributed by atoms with van der Waals surface area (Å²) in [5.74, 6) is -1.90. The molecule has 0 radical (unpaired) electrons. The topological polar surface area (TPSA) is 142 Å². The third-order valence-corrected chi connectivity index (χ3v) is 9.67. The number of halogens is 1. The maximum Gasteiger partial charge on any atom is 0.277 e. The number of hydrogen-bond donors (Lipinski definition) is 2. The van der Waals surface area contributed by atoms with Crippen LogP contribution in [0.4, 0.5) is 4.39 Å². The maximum absolute atomic E-state index is 15.4. The van der Waals surface area contributed by atoms with Gasteiger partial charge in [-0.2, -0.15) is 10.2 Å². The standard InChI is InChI=1S/C34H33FN4O5S/c1-3-5-12-29-38-33(41)31(34(42)39(29)28(4-2)23-9-6-8-21(19-23)20-36)45(43,44)25-17-13-22(14-18-25)26-10-7-11-27(30(26)35)32(40)37-24-15-16-24/h6-11,13-14,17-19,24,28,41H,3-5,12,15-16H2,1-2H3,(H,37,40). The first-order valence-electron chi connectivity index (χ1n) is 14.9. The molecule has 1 atom stereocenters. The van der Waals surface area contributed by atoms with Crippen molar-refractivity contribution in [3.8, 4) is 23.1 Å². The molecule has 9 nitrogen and oxygen atoms in total. The van der Waals surface area contributed by atoms with E-state index in [4.69, 9.17) is 0 Å². The number of aryl methyl sites for hydroxylation is 1. The van der Waals surface area contributed by atoms with Crippen molar-refractivity contribution in [3.63, 3.8) is 0 Å². The number of nitrogens with zero attached hydrogens (tertiary/aromatic N) is 3. The number of unbranched alkanes of at least 4 members (excludes halogenated alkanes) is 1. The lowest BCUT2D eigenvalue weighted by atomic mass is 10.0. The van der Waals surface area contributed by atoms with E-state index in [1.807, 2.05) is 13.8 Å². The van der Waals surface area contributed by atoms with E-state index in [0.29, 0.717) is 36.0 Å². The molecule has 5 rings (SSSR count). The summed E-state index contributed by atoms with van der Waals surface area (Å²) in [6.07, 6.45) is 3.85. The number of nitrogens with one attached hydrogen (secondary N) is 1. The minimum atomic E-state index is -4.59. The van der Waals surface area contributed by atoms with E-state index in [1.165, 1.54) is 41.0 Å². The molecule has 0 aliphatic heterocycles. The zero-order valence-corrected chi connectivity index (χ0v) is 25.8. The zero-order chi connectivity index (χ0) is 32.3. The number of carbonyl (C=O) groups excluding carboxylic acids is 1. The highest BCUT2D eigenvalue weighted by Crippen LogP contribution is 2.32. The molecule has 0 bridgehead atoms. The number of benzene rings is 3. The highest BCUT2D eigenvalue weighted by molar-refractivity contribution is 7.91. The zero-order valence-electron chi connectivity index (χ0n) is 25.0. The van der Waals surface area contributed by atoms with Gasteiger partial charge >= 0.3 is 0 Å². The van der Waals surface area contributed by atoms with Crippen molar-refractivity contribution in [2.75, 3.05) is 0 Å². The minimum Gasteiger partial charge on any atom is -0.492 e. The number of hydrogen-bond acceptors (Lipinski definition) is 7. The number of aromatic hydroxyl groups is 1. The molecule has 1 unspecified atom stereocenters. The Bertz CT molecular complexity index is 1960. The fraction of sp³-hybridized carbons (Fsp3) is 0.294. The van der Waals surface area contributed by atoms with Crippen LogP contribution in [0.2, 0.25) is 0 Å². The van der Waals surface area contributed by atoms with Gasteiger partial charge in [-0.05, 0) is 67.1 Å². The van der Waals surface area contributed by atoms with Crippen LogP contribution < -0.4 is 10.9 Å². The Kier molecular flexibility index (Phi) is 9.16. The first kappa shape index (κ1) is 31.6. The molecule has 45 heavy (non-hydrogen) atoms. The molecule has 1 aliphatic rings. The SMILES string of the molecule is CCCCc1nc(O)c(S(=O)(=O)c2ccc(-c3cccc(C(=O)NC4CC4)c3F)cc2)c(=O)n1C(CC)c1cccc(C#N)c1. The second kappa shape index (κ2) is 13.0. The fourth-order valence-electron chi connectivity index (χ4n) is 5.35. The lowest BCUT2D eigenvalue weighted by Crippen LogP contribution is -2.33. The van der Waals surface area contributed by atoms with Gasteiger partial charge in [0.15, 0.2) is 4.90 Å². The average molecular weight is 629 g/mol. The summed E-state index contributed by atoms with van der Waals surface area (Å²) in [6.45, 7) is 3.80. The van der Waals surface area contributed by atoms with Crippen LogP contribution in [0.1, 0.15) is 79.3 Å². The van der Waals surface area contributed by atoms with Gasteiger partial charge in [-0.25, -0.2) is 12.8 Å². The number of nitriles is 1. The summed E-state index contributed by atoms with van der Waals surface area (Å²) in [7, 11) is -4.59. The van der Waals surface area contributed by atoms with Gasteiger partial charge < -0.3 is 10.4 Å². The van der Waals surface area contributed by atoms with E-state index in [9.17, 15) is 28.4 Å². The summed E-state index contributed by atoms with van der Waals surface area (Å²) >= 11 is 0. The van der Waals surface area contributed by atoms with E-state index in [-0.39, 0.29) is 27.9 Å². The normalized spacial score (nSPS) is 13.6. The molecule has 232 valence electrons. The predicted octanol–water partition coefficient (Wildman–Crippen LogP) is 5.69. The maximum atomic E-state index is 15.4. The van der Waals surface area contributed by atoms with Crippen LogP contribution in [0.15, 0.2) is 81.3 Å². The number of aromatic nitrogens is 2. The highest BCUT2D eigenvalue weighted by Gasteiger charge is 2.32. The highest BCUT2D eigenvalue weighted by atomic mass is 32.2. The molecule has 1 amide bonds. The van der Waals surface area contributed by atoms with E-state index < -0.39 is 43.9 Å². The monoisotopic (exact) mass is 628 g/mol. The summed E-state index contributed by atoms with van der Waals surface area (Å²) < 4.78 is 44.4. The second-order valence-electron chi connectivity index (χ2n) is 11.1. The summed E-state index contributed by atoms with van der Waals surface area (Å²) in [6, 6.07) is 17.9. The Morgan fingerprint density at radius 2 is 1.84 bits per heavy atom. The Hall–Kier alpha value is -4.82.